The summed E-state index contributed by atoms with van der Waals surface area (Å²) >= 11 is 5.72. The van der Waals surface area contributed by atoms with Gasteiger partial charge in [-0.05, 0) is 30.3 Å². The Balaban J connectivity index is 2.22. The summed E-state index contributed by atoms with van der Waals surface area (Å²) in [5.41, 5.74) is 0.604. The Hall–Kier alpha value is -2.20. The number of halogens is 1. The van der Waals surface area contributed by atoms with Crippen LogP contribution in [0.4, 0.5) is 5.69 Å². The van der Waals surface area contributed by atoms with Gasteiger partial charge in [0, 0.05) is 5.69 Å². The third-order valence-corrected chi connectivity index (χ3v) is 2.66. The number of aromatic hydroxyl groups is 2. The molecule has 4 nitrogen and oxygen atoms in total. The van der Waals surface area contributed by atoms with Gasteiger partial charge in [-0.2, -0.15) is 0 Å². The molecule has 0 radical (unpaired) electrons. The summed E-state index contributed by atoms with van der Waals surface area (Å²) in [6.07, 6.45) is 0. The van der Waals surface area contributed by atoms with Crippen LogP contribution in [0.1, 0.15) is 10.4 Å². The summed E-state index contributed by atoms with van der Waals surface area (Å²) < 4.78 is 0. The lowest BCUT2D eigenvalue weighted by molar-refractivity contribution is 0.102. The van der Waals surface area contributed by atoms with E-state index in [0.29, 0.717) is 5.69 Å². The number of anilines is 1. The third kappa shape index (κ3) is 2.55. The van der Waals surface area contributed by atoms with E-state index in [1.165, 1.54) is 30.3 Å². The van der Waals surface area contributed by atoms with E-state index in [0.717, 1.165) is 0 Å². The minimum atomic E-state index is -0.449. The van der Waals surface area contributed by atoms with E-state index < -0.39 is 5.91 Å². The summed E-state index contributed by atoms with van der Waals surface area (Å²) in [5.74, 6) is -0.605. The highest BCUT2D eigenvalue weighted by Crippen LogP contribution is 2.26. The fourth-order valence-electron chi connectivity index (χ4n) is 1.45. The first-order valence-electron chi connectivity index (χ1n) is 5.16. The predicted molar refractivity (Wildman–Crippen MR) is 69.2 cm³/mol. The highest BCUT2D eigenvalue weighted by atomic mass is 35.5. The van der Waals surface area contributed by atoms with Crippen molar-refractivity contribution in [3.63, 3.8) is 0 Å². The molecule has 92 valence electrons. The molecule has 0 aliphatic carbocycles. The molecule has 0 saturated heterocycles. The van der Waals surface area contributed by atoms with Crippen LogP contribution in [0.3, 0.4) is 0 Å². The number of amides is 1. The van der Waals surface area contributed by atoms with Crippen molar-refractivity contribution in [3.05, 3.63) is 53.1 Å². The van der Waals surface area contributed by atoms with Crippen LogP contribution in [0.25, 0.3) is 0 Å². The molecular formula is C13H10ClNO3. The zero-order valence-corrected chi connectivity index (χ0v) is 9.98. The Kier molecular flexibility index (Phi) is 3.39. The molecular weight excluding hydrogens is 254 g/mol. The van der Waals surface area contributed by atoms with E-state index in [-0.39, 0.29) is 22.1 Å². The molecule has 0 spiro atoms. The van der Waals surface area contributed by atoms with Gasteiger partial charge in [-0.3, -0.25) is 4.79 Å². The Labute approximate surface area is 108 Å². The lowest BCUT2D eigenvalue weighted by atomic mass is 10.2. The van der Waals surface area contributed by atoms with Crippen molar-refractivity contribution in [3.8, 4) is 11.5 Å². The van der Waals surface area contributed by atoms with Gasteiger partial charge in [0.15, 0.2) is 0 Å². The van der Waals surface area contributed by atoms with Gasteiger partial charge < -0.3 is 15.5 Å². The molecule has 2 aromatic rings. The standard InChI is InChI=1S/C13H10ClNO3/c14-10-7-8(5-6-12(10)17)15-13(18)9-3-1-2-4-11(9)16/h1-7,16-17H,(H,15,18). The normalized spacial score (nSPS) is 10.1. The Bertz CT molecular complexity index is 599. The molecule has 18 heavy (non-hydrogen) atoms. The van der Waals surface area contributed by atoms with E-state index in [9.17, 15) is 15.0 Å². The molecule has 5 heteroatoms. The number of hydrogen-bond donors (Lipinski definition) is 3. The molecule has 2 rings (SSSR count). The van der Waals surface area contributed by atoms with Crippen LogP contribution in [0.15, 0.2) is 42.5 Å². The summed E-state index contributed by atoms with van der Waals surface area (Å²) in [7, 11) is 0. The van der Waals surface area contributed by atoms with Gasteiger partial charge >= 0.3 is 0 Å². The van der Waals surface area contributed by atoms with Crippen molar-refractivity contribution in [2.45, 2.75) is 0 Å². The fraction of sp³-hybridized carbons (Fsp3) is 0. The van der Waals surface area contributed by atoms with Crippen molar-refractivity contribution >= 4 is 23.2 Å². The number of rotatable bonds is 2. The average molecular weight is 264 g/mol. The predicted octanol–water partition coefficient (Wildman–Crippen LogP) is 3.00. The quantitative estimate of drug-likeness (QED) is 0.730. The van der Waals surface area contributed by atoms with Crippen LogP contribution in [0.2, 0.25) is 5.02 Å². The van der Waals surface area contributed by atoms with E-state index in [1.807, 2.05) is 0 Å². The monoisotopic (exact) mass is 263 g/mol. The SMILES string of the molecule is O=C(Nc1ccc(O)c(Cl)c1)c1ccccc1O. The minimum Gasteiger partial charge on any atom is -0.507 e. The van der Waals surface area contributed by atoms with Crippen LogP contribution in [-0.2, 0) is 0 Å². The number of para-hydroxylation sites is 1. The maximum absolute atomic E-state index is 11.9. The molecule has 0 fully saturated rings. The summed E-state index contributed by atoms with van der Waals surface area (Å²) in [5, 5.41) is 21.5. The smallest absolute Gasteiger partial charge is 0.259 e. The molecule has 0 aromatic heterocycles. The van der Waals surface area contributed by atoms with Gasteiger partial charge in [0.25, 0.3) is 5.91 Å². The number of phenols is 2. The Morgan fingerprint density at radius 3 is 2.44 bits per heavy atom. The maximum Gasteiger partial charge on any atom is 0.259 e. The number of carbonyl (C=O) groups excluding carboxylic acids is 1. The van der Waals surface area contributed by atoms with Crippen LogP contribution < -0.4 is 5.32 Å². The highest BCUT2D eigenvalue weighted by molar-refractivity contribution is 6.32. The van der Waals surface area contributed by atoms with Crippen molar-refractivity contribution in [2.75, 3.05) is 5.32 Å². The number of nitrogens with one attached hydrogen (secondary N) is 1. The highest BCUT2D eigenvalue weighted by Gasteiger charge is 2.10. The second-order valence-corrected chi connectivity index (χ2v) is 4.04. The van der Waals surface area contributed by atoms with Crippen molar-refractivity contribution in [2.24, 2.45) is 0 Å². The van der Waals surface area contributed by atoms with Gasteiger partial charge in [-0.25, -0.2) is 0 Å². The first kappa shape index (κ1) is 12.3. The lowest BCUT2D eigenvalue weighted by Gasteiger charge is -2.07. The summed E-state index contributed by atoms with van der Waals surface area (Å²) in [4.78, 5) is 11.9. The molecule has 0 atom stereocenters. The van der Waals surface area contributed by atoms with Crippen molar-refractivity contribution in [1.82, 2.24) is 0 Å². The topological polar surface area (TPSA) is 69.6 Å². The van der Waals surface area contributed by atoms with Gasteiger partial charge in [0.2, 0.25) is 0 Å². The Morgan fingerprint density at radius 2 is 1.78 bits per heavy atom. The zero-order chi connectivity index (χ0) is 13.1. The Morgan fingerprint density at radius 1 is 1.06 bits per heavy atom. The van der Waals surface area contributed by atoms with Crippen LogP contribution >= 0.6 is 11.6 Å². The second kappa shape index (κ2) is 4.98. The summed E-state index contributed by atoms with van der Waals surface area (Å²) in [6.45, 7) is 0. The molecule has 0 aliphatic rings. The molecule has 2 aromatic carbocycles. The van der Waals surface area contributed by atoms with E-state index in [2.05, 4.69) is 5.32 Å². The van der Waals surface area contributed by atoms with Crippen molar-refractivity contribution in [1.29, 1.82) is 0 Å². The number of carbonyl (C=O) groups is 1. The molecule has 1 amide bonds. The first-order valence-corrected chi connectivity index (χ1v) is 5.53. The fourth-order valence-corrected chi connectivity index (χ4v) is 1.63. The van der Waals surface area contributed by atoms with E-state index in [1.54, 1.807) is 12.1 Å². The number of benzene rings is 2. The molecule has 0 bridgehead atoms. The molecule has 0 saturated carbocycles. The van der Waals surface area contributed by atoms with Gasteiger partial charge in [0.05, 0.1) is 10.6 Å². The second-order valence-electron chi connectivity index (χ2n) is 3.64. The van der Waals surface area contributed by atoms with Gasteiger partial charge in [0.1, 0.15) is 11.5 Å². The van der Waals surface area contributed by atoms with E-state index in [4.69, 9.17) is 11.6 Å². The van der Waals surface area contributed by atoms with E-state index >= 15 is 0 Å². The van der Waals surface area contributed by atoms with Crippen LogP contribution in [0, 0.1) is 0 Å². The maximum atomic E-state index is 11.9. The molecule has 3 N–H and O–H groups in total. The average Bonchev–Trinajstić information content (AvgIpc) is 2.34. The van der Waals surface area contributed by atoms with Gasteiger partial charge in [-0.1, -0.05) is 23.7 Å². The minimum absolute atomic E-state index is 0.0581. The molecule has 0 aliphatic heterocycles. The molecule has 0 heterocycles. The van der Waals surface area contributed by atoms with Crippen LogP contribution in [-0.4, -0.2) is 16.1 Å². The number of phenolic OH excluding ortho intramolecular Hbond substituents is 2. The lowest BCUT2D eigenvalue weighted by Crippen LogP contribution is -2.11. The zero-order valence-electron chi connectivity index (χ0n) is 9.22. The molecule has 0 unspecified atom stereocenters. The van der Waals surface area contributed by atoms with Crippen LogP contribution in [0.5, 0.6) is 11.5 Å². The largest absolute Gasteiger partial charge is 0.507 e. The number of hydrogen-bond acceptors (Lipinski definition) is 3. The summed E-state index contributed by atoms with van der Waals surface area (Å²) in [6, 6.07) is 10.5. The third-order valence-electron chi connectivity index (χ3n) is 2.35. The first-order chi connectivity index (χ1) is 8.58. The van der Waals surface area contributed by atoms with Gasteiger partial charge in [-0.15, -0.1) is 0 Å². The van der Waals surface area contributed by atoms with Crippen molar-refractivity contribution < 1.29 is 15.0 Å².